The molecule has 6 atom stereocenters. The van der Waals surface area contributed by atoms with E-state index in [1.165, 1.54) is 51.4 Å². The summed E-state index contributed by atoms with van der Waals surface area (Å²) in [6, 6.07) is 1.47. The zero-order chi connectivity index (χ0) is 15.4. The van der Waals surface area contributed by atoms with Gasteiger partial charge in [-0.25, -0.2) is 0 Å². The van der Waals surface area contributed by atoms with Gasteiger partial charge in [-0.3, -0.25) is 0 Å². The molecule has 0 radical (unpaired) electrons. The molecule has 4 nitrogen and oxygen atoms in total. The van der Waals surface area contributed by atoms with E-state index in [0.29, 0.717) is 12.1 Å². The van der Waals surface area contributed by atoms with Gasteiger partial charge in [-0.15, -0.1) is 0 Å². The van der Waals surface area contributed by atoms with E-state index in [-0.39, 0.29) is 24.3 Å². The van der Waals surface area contributed by atoms with Gasteiger partial charge in [-0.2, -0.15) is 0 Å². The van der Waals surface area contributed by atoms with E-state index in [9.17, 15) is 10.2 Å². The van der Waals surface area contributed by atoms with E-state index < -0.39 is 0 Å². The average molecular weight is 310 g/mol. The number of hydrogen-bond donors (Lipinski definition) is 4. The van der Waals surface area contributed by atoms with Gasteiger partial charge in [0, 0.05) is 24.2 Å². The summed E-state index contributed by atoms with van der Waals surface area (Å²) in [5, 5.41) is 28.0. The highest BCUT2D eigenvalue weighted by molar-refractivity contribution is 4.94. The predicted molar refractivity (Wildman–Crippen MR) is 88.8 cm³/mol. The van der Waals surface area contributed by atoms with Crippen LogP contribution in [0, 0.1) is 0 Å². The van der Waals surface area contributed by atoms with Gasteiger partial charge >= 0.3 is 0 Å². The third-order valence-electron chi connectivity index (χ3n) is 6.08. The zero-order valence-electron chi connectivity index (χ0n) is 13.8. The second-order valence-corrected chi connectivity index (χ2v) is 7.75. The predicted octanol–water partition coefficient (Wildman–Crippen LogP) is 2.08. The summed E-state index contributed by atoms with van der Waals surface area (Å²) in [5.74, 6) is 0. The van der Waals surface area contributed by atoms with Crippen molar-refractivity contribution >= 4 is 0 Å². The van der Waals surface area contributed by atoms with Crippen LogP contribution in [0.3, 0.4) is 0 Å². The minimum absolute atomic E-state index is 0.170. The van der Waals surface area contributed by atoms with Crippen LogP contribution in [0.15, 0.2) is 0 Å². The fourth-order valence-corrected chi connectivity index (χ4v) is 4.69. The van der Waals surface area contributed by atoms with Crippen molar-refractivity contribution in [3.8, 4) is 0 Å². The summed E-state index contributed by atoms with van der Waals surface area (Å²) in [6.07, 6.45) is 13.5. The molecule has 0 aromatic carbocycles. The Morgan fingerprint density at radius 1 is 0.455 bits per heavy atom. The molecular formula is C18H34N2O2. The van der Waals surface area contributed by atoms with Gasteiger partial charge < -0.3 is 20.8 Å². The van der Waals surface area contributed by atoms with Crippen molar-refractivity contribution in [3.63, 3.8) is 0 Å². The van der Waals surface area contributed by atoms with E-state index in [4.69, 9.17) is 0 Å². The first-order valence-corrected chi connectivity index (χ1v) is 9.62. The summed E-state index contributed by atoms with van der Waals surface area (Å²) in [6.45, 7) is 0. The van der Waals surface area contributed by atoms with Crippen molar-refractivity contribution in [2.75, 3.05) is 0 Å². The van der Waals surface area contributed by atoms with Crippen molar-refractivity contribution in [1.82, 2.24) is 10.6 Å². The standard InChI is InChI=1S/C18H34N2O2/c21-17-11-5-3-9-15(17)19-13-7-1-2-8-14(13)20-16-10-4-6-12-18(16)22/h13-22H,1-12H2/t13-,14-,15+,16+,17+,18+/m1/s1. The first kappa shape index (κ1) is 16.7. The van der Waals surface area contributed by atoms with E-state index >= 15 is 0 Å². The Morgan fingerprint density at radius 2 is 0.773 bits per heavy atom. The first-order valence-electron chi connectivity index (χ1n) is 9.62. The summed E-state index contributed by atoms with van der Waals surface area (Å²) >= 11 is 0. The van der Waals surface area contributed by atoms with Gasteiger partial charge in [0.15, 0.2) is 0 Å². The van der Waals surface area contributed by atoms with Crippen molar-refractivity contribution in [1.29, 1.82) is 0 Å². The number of rotatable bonds is 4. The highest BCUT2D eigenvalue weighted by atomic mass is 16.3. The largest absolute Gasteiger partial charge is 0.392 e. The molecule has 3 saturated carbocycles. The zero-order valence-corrected chi connectivity index (χ0v) is 13.8. The van der Waals surface area contributed by atoms with Gasteiger partial charge in [0.25, 0.3) is 0 Å². The van der Waals surface area contributed by atoms with Crippen LogP contribution in [-0.2, 0) is 0 Å². The second kappa shape index (κ2) is 8.09. The Kier molecular flexibility index (Phi) is 6.14. The fraction of sp³-hybridized carbons (Fsp3) is 1.00. The van der Waals surface area contributed by atoms with Crippen molar-refractivity contribution in [2.24, 2.45) is 0 Å². The molecule has 0 amide bonds. The molecule has 3 fully saturated rings. The van der Waals surface area contributed by atoms with Crippen LogP contribution in [-0.4, -0.2) is 46.6 Å². The van der Waals surface area contributed by atoms with Crippen LogP contribution >= 0.6 is 0 Å². The Bertz CT molecular complexity index is 307. The number of aliphatic hydroxyl groups is 2. The maximum Gasteiger partial charge on any atom is 0.0693 e. The Balaban J connectivity index is 1.56. The second-order valence-electron chi connectivity index (χ2n) is 7.75. The lowest BCUT2D eigenvalue weighted by Gasteiger charge is -2.41. The minimum atomic E-state index is -0.170. The Hall–Kier alpha value is -0.160. The number of nitrogens with one attached hydrogen (secondary N) is 2. The Labute approximate surface area is 135 Å². The molecule has 0 spiro atoms. The molecule has 3 aliphatic carbocycles. The molecule has 4 N–H and O–H groups in total. The summed E-state index contributed by atoms with van der Waals surface area (Å²) in [7, 11) is 0. The first-order chi connectivity index (χ1) is 10.7. The topological polar surface area (TPSA) is 64.5 Å². The monoisotopic (exact) mass is 310 g/mol. The maximum atomic E-state index is 10.2. The van der Waals surface area contributed by atoms with E-state index in [0.717, 1.165) is 25.7 Å². The van der Waals surface area contributed by atoms with Crippen molar-refractivity contribution in [2.45, 2.75) is 113 Å². The van der Waals surface area contributed by atoms with E-state index in [1.807, 2.05) is 0 Å². The molecule has 0 aromatic heterocycles. The molecule has 4 heteroatoms. The summed E-state index contributed by atoms with van der Waals surface area (Å²) in [5.41, 5.74) is 0. The van der Waals surface area contributed by atoms with Crippen LogP contribution in [0.1, 0.15) is 77.0 Å². The van der Waals surface area contributed by atoms with E-state index in [1.54, 1.807) is 0 Å². The van der Waals surface area contributed by atoms with Crippen molar-refractivity contribution < 1.29 is 10.2 Å². The molecule has 3 aliphatic rings. The molecule has 0 aromatic rings. The van der Waals surface area contributed by atoms with Crippen LogP contribution < -0.4 is 10.6 Å². The molecule has 0 saturated heterocycles. The lowest BCUT2D eigenvalue weighted by atomic mass is 9.85. The van der Waals surface area contributed by atoms with Gasteiger partial charge in [-0.1, -0.05) is 38.5 Å². The fourth-order valence-electron chi connectivity index (χ4n) is 4.69. The molecular weight excluding hydrogens is 276 g/mol. The maximum absolute atomic E-state index is 10.2. The molecule has 128 valence electrons. The molecule has 0 aliphatic heterocycles. The van der Waals surface area contributed by atoms with Gasteiger partial charge in [-0.05, 0) is 38.5 Å². The molecule has 3 rings (SSSR count). The smallest absolute Gasteiger partial charge is 0.0693 e. The SMILES string of the molecule is O[C@H]1CCCC[C@@H]1N[C@@H]1CCCC[C@H]1N[C@H]1CCCC[C@@H]1O. The van der Waals surface area contributed by atoms with Gasteiger partial charge in [0.1, 0.15) is 0 Å². The summed E-state index contributed by atoms with van der Waals surface area (Å²) < 4.78 is 0. The van der Waals surface area contributed by atoms with E-state index in [2.05, 4.69) is 10.6 Å². The average Bonchev–Trinajstić information content (AvgIpc) is 2.53. The van der Waals surface area contributed by atoms with Gasteiger partial charge in [0.2, 0.25) is 0 Å². The van der Waals surface area contributed by atoms with Crippen LogP contribution in [0.2, 0.25) is 0 Å². The quantitative estimate of drug-likeness (QED) is 0.642. The molecule has 0 heterocycles. The van der Waals surface area contributed by atoms with Crippen LogP contribution in [0.5, 0.6) is 0 Å². The lowest BCUT2D eigenvalue weighted by Crippen LogP contribution is -2.59. The third-order valence-corrected chi connectivity index (χ3v) is 6.08. The lowest BCUT2D eigenvalue weighted by molar-refractivity contribution is 0.0618. The Morgan fingerprint density at radius 3 is 1.14 bits per heavy atom. The number of aliphatic hydroxyl groups excluding tert-OH is 2. The third kappa shape index (κ3) is 4.22. The van der Waals surface area contributed by atoms with Crippen molar-refractivity contribution in [3.05, 3.63) is 0 Å². The highest BCUT2D eigenvalue weighted by Crippen LogP contribution is 2.26. The number of hydrogen-bond acceptors (Lipinski definition) is 4. The van der Waals surface area contributed by atoms with Crippen LogP contribution in [0.4, 0.5) is 0 Å². The highest BCUT2D eigenvalue weighted by Gasteiger charge is 2.33. The minimum Gasteiger partial charge on any atom is -0.392 e. The van der Waals surface area contributed by atoms with Gasteiger partial charge in [0.05, 0.1) is 12.2 Å². The normalized spacial score (nSPS) is 43.9. The van der Waals surface area contributed by atoms with Crippen LogP contribution in [0.25, 0.3) is 0 Å². The molecule has 0 unspecified atom stereocenters. The molecule has 22 heavy (non-hydrogen) atoms. The molecule has 0 bridgehead atoms. The summed E-state index contributed by atoms with van der Waals surface area (Å²) in [4.78, 5) is 0.